The molecule has 0 aliphatic rings. The zero-order chi connectivity index (χ0) is 16.2. The summed E-state index contributed by atoms with van der Waals surface area (Å²) in [6, 6.07) is 18.8. The van der Waals surface area contributed by atoms with Gasteiger partial charge in [-0.2, -0.15) is 0 Å². The molecule has 0 spiro atoms. The van der Waals surface area contributed by atoms with E-state index < -0.39 is 0 Å². The summed E-state index contributed by atoms with van der Waals surface area (Å²) < 4.78 is 5.21. The van der Waals surface area contributed by atoms with Gasteiger partial charge in [0, 0.05) is 10.6 Å². The van der Waals surface area contributed by atoms with Gasteiger partial charge in [0.05, 0.1) is 7.11 Å². The number of halogens is 1. The van der Waals surface area contributed by atoms with Gasteiger partial charge in [-0.15, -0.1) is 0 Å². The van der Waals surface area contributed by atoms with Crippen molar-refractivity contribution in [2.75, 3.05) is 7.11 Å². The number of carbonyl (C=O) groups is 1. The number of rotatable bonds is 4. The van der Waals surface area contributed by atoms with Gasteiger partial charge in [-0.3, -0.25) is 4.79 Å². The van der Waals surface area contributed by atoms with Gasteiger partial charge in [-0.1, -0.05) is 48.0 Å². The lowest BCUT2D eigenvalue weighted by Gasteiger charge is -2.04. The fourth-order valence-corrected chi connectivity index (χ4v) is 2.57. The molecule has 0 radical (unpaired) electrons. The monoisotopic (exact) mass is 322 g/mol. The van der Waals surface area contributed by atoms with Gasteiger partial charge in [0.1, 0.15) is 5.75 Å². The van der Waals surface area contributed by atoms with Gasteiger partial charge in [-0.05, 0) is 52.8 Å². The maximum Gasteiger partial charge on any atom is 0.185 e. The number of hydrogen-bond donors (Lipinski definition) is 0. The van der Waals surface area contributed by atoms with Crippen LogP contribution in [0.15, 0.2) is 66.7 Å². The van der Waals surface area contributed by atoms with Gasteiger partial charge in [0.2, 0.25) is 0 Å². The number of ketones is 1. The summed E-state index contributed by atoms with van der Waals surface area (Å²) in [6.07, 6.45) is 3.29. The number of ether oxygens (including phenoxy) is 1. The van der Waals surface area contributed by atoms with E-state index in [0.717, 1.165) is 22.1 Å². The molecule has 0 unspecified atom stereocenters. The molecule has 3 aromatic carbocycles. The average molecular weight is 323 g/mol. The SMILES string of the molecule is COc1ccc2cc(C(=O)/C=C/c3ccccc3Cl)ccc2c1. The molecule has 0 atom stereocenters. The molecule has 0 saturated carbocycles. The Bertz CT molecular complexity index is 897. The van der Waals surface area contributed by atoms with Crippen molar-refractivity contribution >= 4 is 34.2 Å². The van der Waals surface area contributed by atoms with Gasteiger partial charge >= 0.3 is 0 Å². The predicted molar refractivity (Wildman–Crippen MR) is 95.3 cm³/mol. The number of fused-ring (bicyclic) bond motifs is 1. The summed E-state index contributed by atoms with van der Waals surface area (Å²) in [4.78, 5) is 12.3. The van der Waals surface area contributed by atoms with Crippen molar-refractivity contribution in [2.24, 2.45) is 0 Å². The van der Waals surface area contributed by atoms with Gasteiger partial charge < -0.3 is 4.74 Å². The first kappa shape index (κ1) is 15.3. The van der Waals surface area contributed by atoms with E-state index in [1.54, 1.807) is 25.3 Å². The summed E-state index contributed by atoms with van der Waals surface area (Å²) in [5.41, 5.74) is 1.47. The Balaban J connectivity index is 1.88. The zero-order valence-corrected chi connectivity index (χ0v) is 13.4. The molecule has 0 heterocycles. The molecule has 23 heavy (non-hydrogen) atoms. The number of methoxy groups -OCH3 is 1. The Morgan fingerprint density at radius 1 is 1.00 bits per heavy atom. The largest absolute Gasteiger partial charge is 0.497 e. The van der Waals surface area contributed by atoms with E-state index in [0.29, 0.717) is 10.6 Å². The van der Waals surface area contributed by atoms with Crippen LogP contribution in [0, 0.1) is 0 Å². The van der Waals surface area contributed by atoms with Crippen LogP contribution in [0.1, 0.15) is 15.9 Å². The van der Waals surface area contributed by atoms with E-state index >= 15 is 0 Å². The Morgan fingerprint density at radius 2 is 1.74 bits per heavy atom. The third-order valence-corrected chi connectivity index (χ3v) is 4.00. The molecule has 0 saturated heterocycles. The quantitative estimate of drug-likeness (QED) is 0.475. The number of hydrogen-bond acceptors (Lipinski definition) is 2. The molecule has 0 bridgehead atoms. The Kier molecular flexibility index (Phi) is 4.45. The van der Waals surface area contributed by atoms with Crippen molar-refractivity contribution in [3.05, 3.63) is 82.9 Å². The summed E-state index contributed by atoms with van der Waals surface area (Å²) in [7, 11) is 1.64. The molecular weight excluding hydrogens is 308 g/mol. The van der Waals surface area contributed by atoms with E-state index in [-0.39, 0.29) is 5.78 Å². The van der Waals surface area contributed by atoms with Crippen molar-refractivity contribution in [2.45, 2.75) is 0 Å². The minimum atomic E-state index is -0.0531. The van der Waals surface area contributed by atoms with Gasteiger partial charge in [0.15, 0.2) is 5.78 Å². The lowest BCUT2D eigenvalue weighted by Crippen LogP contribution is -1.94. The topological polar surface area (TPSA) is 26.3 Å². The first-order valence-corrected chi connectivity index (χ1v) is 7.60. The highest BCUT2D eigenvalue weighted by Gasteiger charge is 2.04. The van der Waals surface area contributed by atoms with E-state index in [9.17, 15) is 4.79 Å². The first-order valence-electron chi connectivity index (χ1n) is 7.22. The van der Waals surface area contributed by atoms with Crippen LogP contribution in [0.2, 0.25) is 5.02 Å². The van der Waals surface area contributed by atoms with Crippen LogP contribution >= 0.6 is 11.6 Å². The fraction of sp³-hybridized carbons (Fsp3) is 0.0500. The van der Waals surface area contributed by atoms with Crippen LogP contribution < -0.4 is 4.74 Å². The molecule has 3 heteroatoms. The third-order valence-electron chi connectivity index (χ3n) is 3.65. The van der Waals surface area contributed by atoms with Crippen molar-refractivity contribution < 1.29 is 9.53 Å². The van der Waals surface area contributed by atoms with Crippen LogP contribution in [0.3, 0.4) is 0 Å². The zero-order valence-electron chi connectivity index (χ0n) is 12.6. The van der Waals surface area contributed by atoms with Crippen LogP contribution in [-0.4, -0.2) is 12.9 Å². The minimum absolute atomic E-state index is 0.0531. The second-order valence-corrected chi connectivity index (χ2v) is 5.55. The number of benzene rings is 3. The average Bonchev–Trinajstić information content (AvgIpc) is 2.59. The molecule has 114 valence electrons. The first-order chi connectivity index (χ1) is 11.2. The highest BCUT2D eigenvalue weighted by atomic mass is 35.5. The van der Waals surface area contributed by atoms with E-state index in [4.69, 9.17) is 16.3 Å². The standard InChI is InChI=1S/C20H15ClO2/c1-23-18-10-8-15-12-17(7-6-16(15)13-18)20(22)11-9-14-4-2-3-5-19(14)21/h2-13H,1H3/b11-9+. The second-order valence-electron chi connectivity index (χ2n) is 5.15. The molecule has 0 N–H and O–H groups in total. The lowest BCUT2D eigenvalue weighted by atomic mass is 10.0. The third kappa shape index (κ3) is 3.43. The molecule has 0 aliphatic heterocycles. The minimum Gasteiger partial charge on any atom is -0.497 e. The number of allylic oxidation sites excluding steroid dienone is 1. The van der Waals surface area contributed by atoms with Crippen molar-refractivity contribution in [1.82, 2.24) is 0 Å². The van der Waals surface area contributed by atoms with Crippen LogP contribution in [0.5, 0.6) is 5.75 Å². The second kappa shape index (κ2) is 6.67. The van der Waals surface area contributed by atoms with Crippen molar-refractivity contribution in [1.29, 1.82) is 0 Å². The lowest BCUT2D eigenvalue weighted by molar-refractivity contribution is 0.104. The molecule has 3 rings (SSSR count). The van der Waals surface area contributed by atoms with Gasteiger partial charge in [-0.25, -0.2) is 0 Å². The fourth-order valence-electron chi connectivity index (χ4n) is 2.38. The normalized spacial score (nSPS) is 11.0. The van der Waals surface area contributed by atoms with Crippen molar-refractivity contribution in [3.63, 3.8) is 0 Å². The van der Waals surface area contributed by atoms with Gasteiger partial charge in [0.25, 0.3) is 0 Å². The van der Waals surface area contributed by atoms with Crippen LogP contribution in [-0.2, 0) is 0 Å². The summed E-state index contributed by atoms with van der Waals surface area (Å²) in [5.74, 6) is 0.748. The molecule has 2 nitrogen and oxygen atoms in total. The molecule has 3 aromatic rings. The highest BCUT2D eigenvalue weighted by Crippen LogP contribution is 2.22. The molecule has 0 aliphatic carbocycles. The molecular formula is C20H15ClO2. The van der Waals surface area contributed by atoms with E-state index in [2.05, 4.69) is 0 Å². The maximum absolute atomic E-state index is 12.3. The van der Waals surface area contributed by atoms with E-state index in [1.165, 1.54) is 0 Å². The van der Waals surface area contributed by atoms with E-state index in [1.807, 2.05) is 54.6 Å². The Labute approximate surface area is 140 Å². The van der Waals surface area contributed by atoms with Crippen LogP contribution in [0.4, 0.5) is 0 Å². The number of carbonyl (C=O) groups excluding carboxylic acids is 1. The van der Waals surface area contributed by atoms with Crippen molar-refractivity contribution in [3.8, 4) is 5.75 Å². The maximum atomic E-state index is 12.3. The smallest absolute Gasteiger partial charge is 0.185 e. The Hall–Kier alpha value is -2.58. The summed E-state index contributed by atoms with van der Waals surface area (Å²) >= 11 is 6.09. The highest BCUT2D eigenvalue weighted by molar-refractivity contribution is 6.32. The predicted octanol–water partition coefficient (Wildman–Crippen LogP) is 5.40. The molecule has 0 aromatic heterocycles. The molecule has 0 amide bonds. The Morgan fingerprint density at radius 3 is 2.52 bits per heavy atom. The molecule has 0 fully saturated rings. The van der Waals surface area contributed by atoms with Crippen LogP contribution in [0.25, 0.3) is 16.8 Å². The summed E-state index contributed by atoms with van der Waals surface area (Å²) in [5, 5.41) is 2.67. The summed E-state index contributed by atoms with van der Waals surface area (Å²) in [6.45, 7) is 0.